The van der Waals surface area contributed by atoms with Crippen LogP contribution >= 0.6 is 0 Å². The maximum Gasteiger partial charge on any atom is 0.407 e. The number of rotatable bonds is 5. The van der Waals surface area contributed by atoms with Gasteiger partial charge in [-0.05, 0) is 25.3 Å². The fourth-order valence-electron chi connectivity index (χ4n) is 1.52. The number of alkyl carbamates (subject to hydrolysis) is 1. The Morgan fingerprint density at radius 3 is 2.63 bits per heavy atom. The smallest absolute Gasteiger partial charge is 0.407 e. The summed E-state index contributed by atoms with van der Waals surface area (Å²) >= 11 is 0. The Morgan fingerprint density at radius 1 is 1.26 bits per heavy atom. The van der Waals surface area contributed by atoms with Gasteiger partial charge in [0.2, 0.25) is 0 Å². The van der Waals surface area contributed by atoms with Crippen LogP contribution in [0.3, 0.4) is 0 Å². The minimum absolute atomic E-state index is 0.287. The van der Waals surface area contributed by atoms with E-state index in [0.29, 0.717) is 32.9 Å². The van der Waals surface area contributed by atoms with E-state index >= 15 is 0 Å². The summed E-state index contributed by atoms with van der Waals surface area (Å²) in [6, 6.07) is -0.287. The Bertz CT molecular complexity index is 323. The molecule has 0 saturated carbocycles. The molecule has 1 fully saturated rings. The molecular weight excluding hydrogens is 250 g/mol. The predicted octanol–water partition coefficient (Wildman–Crippen LogP) is 0.726. The molecule has 0 aromatic heterocycles. The fourth-order valence-corrected chi connectivity index (χ4v) is 1.52. The van der Waals surface area contributed by atoms with Gasteiger partial charge in [-0.3, -0.25) is 0 Å². The zero-order valence-electron chi connectivity index (χ0n) is 11.2. The largest absolute Gasteiger partial charge is 0.450 e. The van der Waals surface area contributed by atoms with Crippen molar-refractivity contribution in [2.45, 2.75) is 19.8 Å². The summed E-state index contributed by atoms with van der Waals surface area (Å²) in [6.07, 6.45) is 2.94. The Morgan fingerprint density at radius 2 is 1.95 bits per heavy atom. The molecule has 3 amide bonds. The molecule has 1 heterocycles. The topological polar surface area (TPSA) is 88.7 Å². The molecule has 0 spiro atoms. The molecule has 1 aliphatic heterocycles. The highest BCUT2D eigenvalue weighted by Crippen LogP contribution is 2.11. The molecule has 1 saturated heterocycles. The van der Waals surface area contributed by atoms with Crippen LogP contribution in [0.25, 0.3) is 0 Å². The molecule has 0 aromatic carbocycles. The number of carbonyl (C=O) groups is 2. The molecule has 108 valence electrons. The quantitative estimate of drug-likeness (QED) is 0.643. The summed E-state index contributed by atoms with van der Waals surface area (Å²) in [5, 5.41) is 7.79. The normalized spacial score (nSPS) is 14.5. The first kappa shape index (κ1) is 15.3. The Kier molecular flexibility index (Phi) is 7.41. The van der Waals surface area contributed by atoms with Gasteiger partial charge in [0, 0.05) is 19.3 Å². The van der Waals surface area contributed by atoms with Crippen LogP contribution in [0.5, 0.6) is 0 Å². The maximum atomic E-state index is 11.4. The molecule has 0 atom stereocenters. The second-order valence-corrected chi connectivity index (χ2v) is 3.96. The van der Waals surface area contributed by atoms with E-state index in [1.54, 1.807) is 13.1 Å². The van der Waals surface area contributed by atoms with E-state index in [1.807, 2.05) is 0 Å². The van der Waals surface area contributed by atoms with Crippen LogP contribution in [-0.4, -0.2) is 45.0 Å². The SMILES string of the molecule is CCOC(=O)NCCNC(=O)NC=C1CCOCC1. The maximum absolute atomic E-state index is 11.4. The van der Waals surface area contributed by atoms with Crippen molar-refractivity contribution in [2.75, 3.05) is 32.9 Å². The highest BCUT2D eigenvalue weighted by molar-refractivity contribution is 5.75. The average molecular weight is 271 g/mol. The zero-order valence-corrected chi connectivity index (χ0v) is 11.2. The molecule has 7 heteroatoms. The van der Waals surface area contributed by atoms with Crippen molar-refractivity contribution in [1.29, 1.82) is 0 Å². The summed E-state index contributed by atoms with van der Waals surface area (Å²) in [5.41, 5.74) is 1.17. The van der Waals surface area contributed by atoms with Gasteiger partial charge in [-0.25, -0.2) is 9.59 Å². The van der Waals surface area contributed by atoms with Crippen molar-refractivity contribution in [1.82, 2.24) is 16.0 Å². The zero-order chi connectivity index (χ0) is 13.9. The summed E-state index contributed by atoms with van der Waals surface area (Å²) in [7, 11) is 0. The van der Waals surface area contributed by atoms with E-state index < -0.39 is 6.09 Å². The molecule has 0 aromatic rings. The summed E-state index contributed by atoms with van der Waals surface area (Å²) < 4.78 is 9.88. The first-order chi connectivity index (χ1) is 9.22. The van der Waals surface area contributed by atoms with Gasteiger partial charge in [0.25, 0.3) is 0 Å². The van der Waals surface area contributed by atoms with Crippen LogP contribution < -0.4 is 16.0 Å². The number of ether oxygens (including phenoxy) is 2. The number of hydrogen-bond donors (Lipinski definition) is 3. The highest BCUT2D eigenvalue weighted by atomic mass is 16.5. The lowest BCUT2D eigenvalue weighted by atomic mass is 10.1. The molecule has 19 heavy (non-hydrogen) atoms. The Balaban J connectivity index is 2.06. The third-order valence-corrected chi connectivity index (χ3v) is 2.50. The second-order valence-electron chi connectivity index (χ2n) is 3.96. The first-order valence-corrected chi connectivity index (χ1v) is 6.43. The van der Waals surface area contributed by atoms with E-state index in [-0.39, 0.29) is 6.03 Å². The van der Waals surface area contributed by atoms with Crippen LogP contribution in [-0.2, 0) is 9.47 Å². The van der Waals surface area contributed by atoms with Gasteiger partial charge in [0.15, 0.2) is 0 Å². The lowest BCUT2D eigenvalue weighted by Crippen LogP contribution is -2.38. The van der Waals surface area contributed by atoms with Gasteiger partial charge in [-0.2, -0.15) is 0 Å². The Labute approximate surface area is 112 Å². The Hall–Kier alpha value is -1.76. The van der Waals surface area contributed by atoms with Crippen molar-refractivity contribution in [2.24, 2.45) is 0 Å². The van der Waals surface area contributed by atoms with Gasteiger partial charge in [-0.1, -0.05) is 0 Å². The lowest BCUT2D eigenvalue weighted by Gasteiger charge is -2.14. The predicted molar refractivity (Wildman–Crippen MR) is 69.7 cm³/mol. The fraction of sp³-hybridized carbons (Fsp3) is 0.667. The molecule has 0 unspecified atom stereocenters. The summed E-state index contributed by atoms with van der Waals surface area (Å²) in [4.78, 5) is 22.4. The monoisotopic (exact) mass is 271 g/mol. The van der Waals surface area contributed by atoms with Crippen LogP contribution in [0.1, 0.15) is 19.8 Å². The van der Waals surface area contributed by atoms with Gasteiger partial charge < -0.3 is 25.4 Å². The summed E-state index contributed by atoms with van der Waals surface area (Å²) in [5.74, 6) is 0. The van der Waals surface area contributed by atoms with Crippen molar-refractivity contribution >= 4 is 12.1 Å². The third kappa shape index (κ3) is 7.30. The van der Waals surface area contributed by atoms with Gasteiger partial charge in [0.1, 0.15) is 0 Å². The van der Waals surface area contributed by atoms with Gasteiger partial charge in [-0.15, -0.1) is 0 Å². The van der Waals surface area contributed by atoms with E-state index in [2.05, 4.69) is 20.7 Å². The number of amides is 3. The molecule has 0 radical (unpaired) electrons. The molecular formula is C12H21N3O4. The van der Waals surface area contributed by atoms with Crippen LogP contribution in [0.4, 0.5) is 9.59 Å². The standard InChI is InChI=1S/C12H21N3O4/c1-2-19-12(17)14-6-5-13-11(16)15-9-10-3-7-18-8-4-10/h9H,2-8H2,1H3,(H,14,17)(H2,13,15,16). The van der Waals surface area contributed by atoms with Crippen molar-refractivity contribution < 1.29 is 19.1 Å². The number of nitrogens with one attached hydrogen (secondary N) is 3. The van der Waals surface area contributed by atoms with Crippen molar-refractivity contribution in [3.8, 4) is 0 Å². The van der Waals surface area contributed by atoms with Crippen LogP contribution in [0, 0.1) is 0 Å². The number of urea groups is 1. The van der Waals surface area contributed by atoms with E-state index in [9.17, 15) is 9.59 Å². The van der Waals surface area contributed by atoms with E-state index in [0.717, 1.165) is 12.8 Å². The van der Waals surface area contributed by atoms with Crippen molar-refractivity contribution in [3.05, 3.63) is 11.8 Å². The molecule has 7 nitrogen and oxygen atoms in total. The van der Waals surface area contributed by atoms with Gasteiger partial charge in [0.05, 0.1) is 19.8 Å². The van der Waals surface area contributed by atoms with Crippen LogP contribution in [0.2, 0.25) is 0 Å². The van der Waals surface area contributed by atoms with Crippen LogP contribution in [0.15, 0.2) is 11.8 Å². The average Bonchev–Trinajstić information content (AvgIpc) is 2.43. The van der Waals surface area contributed by atoms with E-state index in [1.165, 1.54) is 5.57 Å². The lowest BCUT2D eigenvalue weighted by molar-refractivity contribution is 0.119. The number of hydrogen-bond acceptors (Lipinski definition) is 4. The molecule has 0 aliphatic carbocycles. The van der Waals surface area contributed by atoms with E-state index in [4.69, 9.17) is 4.74 Å². The molecule has 3 N–H and O–H groups in total. The third-order valence-electron chi connectivity index (χ3n) is 2.50. The first-order valence-electron chi connectivity index (χ1n) is 6.43. The molecule has 1 rings (SSSR count). The minimum Gasteiger partial charge on any atom is -0.450 e. The van der Waals surface area contributed by atoms with Crippen molar-refractivity contribution in [3.63, 3.8) is 0 Å². The highest BCUT2D eigenvalue weighted by Gasteiger charge is 2.05. The summed E-state index contributed by atoms with van der Waals surface area (Å²) in [6.45, 7) is 4.15. The minimum atomic E-state index is -0.478. The molecule has 0 bridgehead atoms. The van der Waals surface area contributed by atoms with Gasteiger partial charge >= 0.3 is 12.1 Å². The number of carbonyl (C=O) groups excluding carboxylic acids is 2. The molecule has 1 aliphatic rings. The second kappa shape index (κ2) is 9.21.